The standard InChI is InChI=1S/C10H12F2N2O4S2/c11-3-9(17)6(16)10(12,4-15)18-7(9)14-2-1-5(19)13-8(14)20/h1-2,6-7,15-17H,3-4H2,(H,13,19,20)/t6-,7-,9?,10-/m1/s1. The van der Waals surface area contributed by atoms with Crippen LogP contribution in [0, 0.1) is 9.41 Å². The van der Waals surface area contributed by atoms with Crippen molar-refractivity contribution in [3.8, 4) is 0 Å². The molecule has 10 heteroatoms. The number of nitrogens with zero attached hydrogens (tertiary/aromatic N) is 1. The molecule has 0 saturated carbocycles. The fourth-order valence-corrected chi connectivity index (χ4v) is 2.52. The summed E-state index contributed by atoms with van der Waals surface area (Å²) in [6.45, 7) is -2.75. The SMILES string of the molecule is OC[C@@]1(F)O[C@@H](n2ccc(=S)[nH]c2=S)C(O)(CF)[C@H]1O. The summed E-state index contributed by atoms with van der Waals surface area (Å²) in [5.41, 5.74) is -2.59. The van der Waals surface area contributed by atoms with E-state index in [1.165, 1.54) is 12.3 Å². The Bertz CT molecular complexity index is 624. The topological polar surface area (TPSA) is 90.6 Å². The average Bonchev–Trinajstić information content (AvgIpc) is 2.62. The molecule has 112 valence electrons. The molecule has 1 aromatic rings. The largest absolute Gasteiger partial charge is 0.390 e. The highest BCUT2D eigenvalue weighted by atomic mass is 32.1. The van der Waals surface area contributed by atoms with Crippen molar-refractivity contribution in [2.24, 2.45) is 0 Å². The van der Waals surface area contributed by atoms with Gasteiger partial charge in [-0.3, -0.25) is 4.57 Å². The van der Waals surface area contributed by atoms with Crippen LogP contribution in [-0.4, -0.2) is 55.7 Å². The molecular formula is C10H12F2N2O4S2. The molecule has 0 radical (unpaired) electrons. The third-order valence-electron chi connectivity index (χ3n) is 3.15. The van der Waals surface area contributed by atoms with Gasteiger partial charge >= 0.3 is 0 Å². The zero-order valence-corrected chi connectivity index (χ0v) is 11.6. The molecule has 1 aliphatic heterocycles. The monoisotopic (exact) mass is 326 g/mol. The molecule has 0 amide bonds. The maximum atomic E-state index is 14.1. The van der Waals surface area contributed by atoms with Gasteiger partial charge in [0.15, 0.2) is 22.7 Å². The first kappa shape index (κ1) is 15.6. The number of nitrogens with one attached hydrogen (secondary N) is 1. The number of aliphatic hydroxyl groups is 3. The Balaban J connectivity index is 2.55. The number of rotatable bonds is 3. The van der Waals surface area contributed by atoms with Crippen LogP contribution in [0.1, 0.15) is 6.23 Å². The van der Waals surface area contributed by atoms with Crippen molar-refractivity contribution in [3.63, 3.8) is 0 Å². The lowest BCUT2D eigenvalue weighted by atomic mass is 9.94. The molecule has 1 unspecified atom stereocenters. The molecular weight excluding hydrogens is 314 g/mol. The zero-order valence-electron chi connectivity index (χ0n) is 9.99. The lowest BCUT2D eigenvalue weighted by Crippen LogP contribution is -2.52. The van der Waals surface area contributed by atoms with Gasteiger partial charge in [0.1, 0.15) is 17.9 Å². The normalized spacial score (nSPS) is 37.2. The van der Waals surface area contributed by atoms with Crippen LogP contribution >= 0.6 is 24.4 Å². The summed E-state index contributed by atoms with van der Waals surface area (Å²) in [5, 5.41) is 28.8. The Kier molecular flexibility index (Phi) is 4.06. The van der Waals surface area contributed by atoms with Gasteiger partial charge in [0.2, 0.25) is 0 Å². The van der Waals surface area contributed by atoms with Crippen LogP contribution in [0.3, 0.4) is 0 Å². The highest BCUT2D eigenvalue weighted by Gasteiger charge is 2.65. The molecule has 2 rings (SSSR count). The smallest absolute Gasteiger partial charge is 0.263 e. The van der Waals surface area contributed by atoms with E-state index in [2.05, 4.69) is 4.98 Å². The van der Waals surface area contributed by atoms with E-state index in [4.69, 9.17) is 34.3 Å². The van der Waals surface area contributed by atoms with Crippen LogP contribution in [0.15, 0.2) is 12.3 Å². The number of aromatic amines is 1. The minimum Gasteiger partial charge on any atom is -0.390 e. The van der Waals surface area contributed by atoms with Gasteiger partial charge < -0.3 is 25.0 Å². The molecule has 20 heavy (non-hydrogen) atoms. The maximum Gasteiger partial charge on any atom is 0.263 e. The number of aromatic nitrogens is 2. The van der Waals surface area contributed by atoms with E-state index < -0.39 is 37.1 Å². The van der Waals surface area contributed by atoms with Gasteiger partial charge in [-0.25, -0.2) is 8.78 Å². The molecule has 1 aromatic heterocycles. The number of hydrogen-bond donors (Lipinski definition) is 4. The van der Waals surface area contributed by atoms with Crippen LogP contribution < -0.4 is 0 Å². The van der Waals surface area contributed by atoms with E-state index >= 15 is 0 Å². The van der Waals surface area contributed by atoms with Crippen molar-refractivity contribution < 1.29 is 28.8 Å². The first-order valence-electron chi connectivity index (χ1n) is 5.54. The van der Waals surface area contributed by atoms with E-state index in [-0.39, 0.29) is 9.41 Å². The Morgan fingerprint density at radius 2 is 2.15 bits per heavy atom. The third-order valence-corrected chi connectivity index (χ3v) is 3.70. The third kappa shape index (κ3) is 2.22. The van der Waals surface area contributed by atoms with Gasteiger partial charge in [0, 0.05) is 6.20 Å². The number of alkyl halides is 2. The Morgan fingerprint density at radius 3 is 2.65 bits per heavy atom. The minimum absolute atomic E-state index is 0.0521. The minimum atomic E-state index is -2.99. The fourth-order valence-electron chi connectivity index (χ4n) is 2.03. The van der Waals surface area contributed by atoms with Crippen LogP contribution in [0.2, 0.25) is 0 Å². The molecule has 0 aliphatic carbocycles. The van der Waals surface area contributed by atoms with Crippen molar-refractivity contribution in [1.29, 1.82) is 0 Å². The highest BCUT2D eigenvalue weighted by Crippen LogP contribution is 2.45. The van der Waals surface area contributed by atoms with Gasteiger partial charge in [0.25, 0.3) is 5.85 Å². The predicted molar refractivity (Wildman–Crippen MR) is 68.4 cm³/mol. The second-order valence-corrected chi connectivity index (χ2v) is 5.29. The average molecular weight is 326 g/mol. The van der Waals surface area contributed by atoms with Gasteiger partial charge in [0.05, 0.1) is 0 Å². The van der Waals surface area contributed by atoms with Crippen molar-refractivity contribution in [1.82, 2.24) is 9.55 Å². The summed E-state index contributed by atoms with van der Waals surface area (Å²) in [6, 6.07) is 1.37. The molecule has 1 saturated heterocycles. The summed E-state index contributed by atoms with van der Waals surface area (Å²) in [6.07, 6.45) is -2.67. The number of H-pyrrole nitrogens is 1. The highest BCUT2D eigenvalue weighted by molar-refractivity contribution is 7.72. The van der Waals surface area contributed by atoms with Crippen molar-refractivity contribution in [2.75, 3.05) is 13.3 Å². The molecule has 0 spiro atoms. The van der Waals surface area contributed by atoms with Gasteiger partial charge in [-0.15, -0.1) is 0 Å². The Labute approximate surface area is 122 Å². The molecule has 0 aromatic carbocycles. The van der Waals surface area contributed by atoms with E-state index in [9.17, 15) is 19.0 Å². The number of halogens is 2. The predicted octanol–water partition coefficient (Wildman–Crippen LogP) is 0.524. The van der Waals surface area contributed by atoms with Crippen LogP contribution in [0.4, 0.5) is 8.78 Å². The lowest BCUT2D eigenvalue weighted by molar-refractivity contribution is -0.207. The van der Waals surface area contributed by atoms with Crippen molar-refractivity contribution in [2.45, 2.75) is 23.8 Å². The van der Waals surface area contributed by atoms with Gasteiger partial charge in [-0.2, -0.15) is 0 Å². The molecule has 4 N–H and O–H groups in total. The lowest BCUT2D eigenvalue weighted by Gasteiger charge is -2.29. The summed E-state index contributed by atoms with van der Waals surface area (Å²) in [4.78, 5) is 2.55. The first-order valence-corrected chi connectivity index (χ1v) is 6.35. The quantitative estimate of drug-likeness (QED) is 0.606. The van der Waals surface area contributed by atoms with E-state index in [1.54, 1.807) is 0 Å². The van der Waals surface area contributed by atoms with E-state index in [0.29, 0.717) is 0 Å². The van der Waals surface area contributed by atoms with Crippen LogP contribution in [0.25, 0.3) is 0 Å². The molecule has 4 atom stereocenters. The van der Waals surface area contributed by atoms with E-state index in [1.807, 2.05) is 0 Å². The second kappa shape index (κ2) is 5.20. The molecule has 1 fully saturated rings. The number of ether oxygens (including phenoxy) is 1. The summed E-state index contributed by atoms with van der Waals surface area (Å²) in [5.74, 6) is -2.99. The number of aliphatic hydroxyl groups excluding tert-OH is 2. The molecule has 0 bridgehead atoms. The van der Waals surface area contributed by atoms with Crippen LogP contribution in [0.5, 0.6) is 0 Å². The molecule has 2 heterocycles. The molecule has 6 nitrogen and oxygen atoms in total. The maximum absolute atomic E-state index is 14.1. The van der Waals surface area contributed by atoms with Crippen molar-refractivity contribution in [3.05, 3.63) is 21.7 Å². The summed E-state index contributed by atoms with van der Waals surface area (Å²) < 4.78 is 33.3. The van der Waals surface area contributed by atoms with Crippen molar-refractivity contribution >= 4 is 24.4 Å². The van der Waals surface area contributed by atoms with Gasteiger partial charge in [-0.05, 0) is 18.3 Å². The van der Waals surface area contributed by atoms with Gasteiger partial charge in [-0.1, -0.05) is 12.2 Å². The zero-order chi connectivity index (χ0) is 15.1. The van der Waals surface area contributed by atoms with Crippen LogP contribution in [-0.2, 0) is 4.74 Å². The first-order chi connectivity index (χ1) is 9.28. The Morgan fingerprint density at radius 1 is 1.50 bits per heavy atom. The molecule has 1 aliphatic rings. The fraction of sp³-hybridized carbons (Fsp3) is 0.600. The number of hydrogen-bond acceptors (Lipinski definition) is 6. The van der Waals surface area contributed by atoms with E-state index in [0.717, 1.165) is 4.57 Å². The summed E-state index contributed by atoms with van der Waals surface area (Å²) in [7, 11) is 0. The Hall–Kier alpha value is -0.780. The second-order valence-electron chi connectivity index (χ2n) is 4.46. The summed E-state index contributed by atoms with van der Waals surface area (Å²) >= 11 is 9.77.